The topological polar surface area (TPSA) is 46.5 Å². The van der Waals surface area contributed by atoms with Crippen LogP contribution in [0.5, 0.6) is 5.75 Å². The van der Waals surface area contributed by atoms with E-state index in [1.807, 2.05) is 0 Å². The number of methoxy groups -OCH3 is 1. The van der Waals surface area contributed by atoms with Crippen LogP contribution < -0.4 is 4.74 Å². The van der Waals surface area contributed by atoms with Gasteiger partial charge in [0.25, 0.3) is 0 Å². The molecule has 4 fully saturated rings. The van der Waals surface area contributed by atoms with Crippen LogP contribution in [0.1, 0.15) is 67.2 Å². The van der Waals surface area contributed by atoms with Crippen molar-refractivity contribution >= 4 is 11.5 Å². The molecule has 4 aliphatic carbocycles. The van der Waals surface area contributed by atoms with Crippen LogP contribution in [0.15, 0.2) is 60.7 Å². The monoisotopic (exact) mass is 510 g/mol. The quantitative estimate of drug-likeness (QED) is 0.291. The van der Waals surface area contributed by atoms with Gasteiger partial charge in [0.05, 0.1) is 12.7 Å². The maximum absolute atomic E-state index is 13.2. The minimum absolute atomic E-state index is 0.233. The first kappa shape index (κ1) is 25.6. The van der Waals surface area contributed by atoms with E-state index in [0.29, 0.717) is 24.0 Å². The molecule has 2 aromatic rings. The van der Waals surface area contributed by atoms with Crippen LogP contribution >= 0.6 is 0 Å². The molecule has 6 heteroatoms. The number of hydrogen-bond acceptors (Lipinski definition) is 2. The highest BCUT2D eigenvalue weighted by molar-refractivity contribution is 5.85. The van der Waals surface area contributed by atoms with Crippen molar-refractivity contribution in [1.82, 2.24) is 0 Å². The number of aliphatic carboxylic acids is 1. The Hall–Kier alpha value is -3.02. The third-order valence-electron chi connectivity index (χ3n) is 8.60. The summed E-state index contributed by atoms with van der Waals surface area (Å²) < 4.78 is 45.5. The van der Waals surface area contributed by atoms with Crippen LogP contribution in [0, 0.1) is 17.8 Å². The number of carboxylic acid groups (broad SMARTS) is 1. The highest BCUT2D eigenvalue weighted by atomic mass is 19.4. The van der Waals surface area contributed by atoms with Gasteiger partial charge in [0.1, 0.15) is 5.75 Å². The molecule has 0 radical (unpaired) electrons. The minimum Gasteiger partial charge on any atom is -0.496 e. The fraction of sp³-hybridized carbons (Fsp3) is 0.452. The predicted octanol–water partition coefficient (Wildman–Crippen LogP) is 7.84. The third kappa shape index (κ3) is 5.48. The van der Waals surface area contributed by atoms with Crippen molar-refractivity contribution in [3.8, 4) is 5.75 Å². The molecule has 0 spiro atoms. The molecule has 3 nitrogen and oxygen atoms in total. The number of allylic oxidation sites excluding steroid dienone is 3. The molecule has 0 heterocycles. The van der Waals surface area contributed by atoms with E-state index in [1.165, 1.54) is 56.2 Å². The number of hydrogen-bond donors (Lipinski definition) is 1. The standard InChI is InChI=1S/C31H33F3O3/c1-37-28-15-20(8-10-27(28)30-17-21-12-22(18-30)14-23(13-21)19-30)4-2-5-24(9-11-29(35)36)25-6-3-7-26(16-25)31(32,33)34/h3,5-11,15-16,21-23H,2,4,12-14,17-19H2,1H3,(H,35,36)/b11-9-,24-5-. The Bertz CT molecular complexity index is 1190. The Kier molecular flexibility index (Phi) is 6.95. The summed E-state index contributed by atoms with van der Waals surface area (Å²) >= 11 is 0. The predicted molar refractivity (Wildman–Crippen MR) is 137 cm³/mol. The maximum atomic E-state index is 13.2. The summed E-state index contributed by atoms with van der Waals surface area (Å²) in [5, 5.41) is 9.06. The van der Waals surface area contributed by atoms with E-state index in [0.717, 1.165) is 47.3 Å². The SMILES string of the molecule is COc1cc(CC/C=C(/C=C\C(=O)O)c2cccc(C(F)(F)F)c2)ccc1C12CC3CC(CC(C3)C1)C2. The second-order valence-corrected chi connectivity index (χ2v) is 11.2. The van der Waals surface area contributed by atoms with Gasteiger partial charge in [-0.15, -0.1) is 0 Å². The molecule has 37 heavy (non-hydrogen) atoms. The van der Waals surface area contributed by atoms with Gasteiger partial charge in [-0.1, -0.05) is 30.3 Å². The Balaban J connectivity index is 1.36. The number of aryl methyl sites for hydroxylation is 1. The van der Waals surface area contributed by atoms with Gasteiger partial charge in [-0.05, 0) is 116 Å². The molecule has 0 saturated heterocycles. The Morgan fingerprint density at radius 2 is 1.70 bits per heavy atom. The van der Waals surface area contributed by atoms with Crippen molar-refractivity contribution < 1.29 is 27.8 Å². The molecule has 0 aromatic heterocycles. The second-order valence-electron chi connectivity index (χ2n) is 11.2. The van der Waals surface area contributed by atoms with Crippen molar-refractivity contribution in [2.24, 2.45) is 17.8 Å². The molecule has 4 bridgehead atoms. The smallest absolute Gasteiger partial charge is 0.416 e. The van der Waals surface area contributed by atoms with Crippen molar-refractivity contribution in [1.29, 1.82) is 0 Å². The normalized spacial score (nSPS) is 27.1. The molecular formula is C31H33F3O3. The van der Waals surface area contributed by atoms with Crippen LogP contribution in [0.4, 0.5) is 13.2 Å². The lowest BCUT2D eigenvalue weighted by Crippen LogP contribution is -2.48. The molecule has 0 aliphatic heterocycles. The molecule has 6 rings (SSSR count). The van der Waals surface area contributed by atoms with Gasteiger partial charge in [0.15, 0.2) is 0 Å². The van der Waals surface area contributed by atoms with E-state index in [1.54, 1.807) is 19.3 Å². The number of benzene rings is 2. The fourth-order valence-electron chi connectivity index (χ4n) is 7.48. The summed E-state index contributed by atoms with van der Waals surface area (Å²) in [6.45, 7) is 0. The van der Waals surface area contributed by atoms with Gasteiger partial charge in [-0.3, -0.25) is 0 Å². The number of ether oxygens (including phenoxy) is 1. The molecule has 1 N–H and O–H groups in total. The average Bonchev–Trinajstić information content (AvgIpc) is 2.84. The molecule has 4 saturated carbocycles. The summed E-state index contributed by atoms with van der Waals surface area (Å²) in [5.41, 5.74) is 2.68. The van der Waals surface area contributed by atoms with Gasteiger partial charge >= 0.3 is 12.1 Å². The van der Waals surface area contributed by atoms with Crippen LogP contribution in [-0.4, -0.2) is 18.2 Å². The summed E-state index contributed by atoms with van der Waals surface area (Å²) in [5.74, 6) is 2.31. The van der Waals surface area contributed by atoms with E-state index in [9.17, 15) is 18.0 Å². The summed E-state index contributed by atoms with van der Waals surface area (Å²) in [6, 6.07) is 11.5. The number of alkyl halides is 3. The zero-order valence-electron chi connectivity index (χ0n) is 21.1. The summed E-state index contributed by atoms with van der Waals surface area (Å²) in [4.78, 5) is 11.1. The lowest BCUT2D eigenvalue weighted by atomic mass is 9.48. The fourth-order valence-corrected chi connectivity index (χ4v) is 7.48. The third-order valence-corrected chi connectivity index (χ3v) is 8.60. The summed E-state index contributed by atoms with van der Waals surface area (Å²) in [7, 11) is 1.73. The average molecular weight is 511 g/mol. The first-order valence-electron chi connectivity index (χ1n) is 13.1. The molecule has 196 valence electrons. The van der Waals surface area contributed by atoms with Crippen LogP contribution in [0.3, 0.4) is 0 Å². The van der Waals surface area contributed by atoms with Crippen molar-refractivity contribution in [3.05, 3.63) is 82.9 Å². The summed E-state index contributed by atoms with van der Waals surface area (Å²) in [6.07, 6.45) is 8.79. The lowest BCUT2D eigenvalue weighted by Gasteiger charge is -2.57. The number of rotatable bonds is 8. The highest BCUT2D eigenvalue weighted by Gasteiger charge is 2.52. The molecule has 0 unspecified atom stereocenters. The Labute approximate surface area is 216 Å². The van der Waals surface area contributed by atoms with Crippen molar-refractivity contribution in [3.63, 3.8) is 0 Å². The van der Waals surface area contributed by atoms with Crippen LogP contribution in [0.2, 0.25) is 0 Å². The molecule has 4 aliphatic rings. The minimum atomic E-state index is -4.47. The lowest BCUT2D eigenvalue weighted by molar-refractivity contribution is -0.137. The highest BCUT2D eigenvalue weighted by Crippen LogP contribution is 2.61. The van der Waals surface area contributed by atoms with E-state index in [4.69, 9.17) is 9.84 Å². The zero-order chi connectivity index (χ0) is 26.2. The van der Waals surface area contributed by atoms with Gasteiger partial charge in [0.2, 0.25) is 0 Å². The molecule has 0 amide bonds. The second kappa shape index (κ2) is 10.0. The molecular weight excluding hydrogens is 477 g/mol. The van der Waals surface area contributed by atoms with Gasteiger partial charge in [-0.2, -0.15) is 13.2 Å². The van der Waals surface area contributed by atoms with Crippen LogP contribution in [-0.2, 0) is 22.8 Å². The number of carboxylic acids is 1. The maximum Gasteiger partial charge on any atom is 0.416 e. The largest absolute Gasteiger partial charge is 0.496 e. The van der Waals surface area contributed by atoms with E-state index in [-0.39, 0.29) is 5.41 Å². The molecule has 2 aromatic carbocycles. The van der Waals surface area contributed by atoms with E-state index >= 15 is 0 Å². The van der Waals surface area contributed by atoms with Crippen molar-refractivity contribution in [2.75, 3.05) is 7.11 Å². The molecule has 0 atom stereocenters. The van der Waals surface area contributed by atoms with E-state index < -0.39 is 17.7 Å². The van der Waals surface area contributed by atoms with Gasteiger partial charge < -0.3 is 9.84 Å². The Morgan fingerprint density at radius 3 is 2.30 bits per heavy atom. The first-order valence-corrected chi connectivity index (χ1v) is 13.1. The van der Waals surface area contributed by atoms with Crippen molar-refractivity contribution in [2.45, 2.75) is 63.0 Å². The van der Waals surface area contributed by atoms with Gasteiger partial charge in [-0.25, -0.2) is 4.79 Å². The number of carbonyl (C=O) groups is 1. The zero-order valence-corrected chi connectivity index (χ0v) is 21.1. The van der Waals surface area contributed by atoms with Crippen LogP contribution in [0.25, 0.3) is 5.57 Å². The number of halogens is 3. The van der Waals surface area contributed by atoms with E-state index in [2.05, 4.69) is 18.2 Å². The first-order chi connectivity index (χ1) is 17.6. The van der Waals surface area contributed by atoms with Gasteiger partial charge in [0, 0.05) is 11.6 Å². The Morgan fingerprint density at radius 1 is 1.03 bits per heavy atom.